The summed E-state index contributed by atoms with van der Waals surface area (Å²) in [5, 5.41) is 3.46. The molecule has 3 rings (SSSR count). The summed E-state index contributed by atoms with van der Waals surface area (Å²) in [6, 6.07) is 15.9. The number of amides is 1. The Morgan fingerprint density at radius 3 is 2.50 bits per heavy atom. The van der Waals surface area contributed by atoms with Gasteiger partial charge in [0.2, 0.25) is 0 Å². The summed E-state index contributed by atoms with van der Waals surface area (Å²) in [5.74, 6) is 0.718. The Kier molecular flexibility index (Phi) is 6.26. The summed E-state index contributed by atoms with van der Waals surface area (Å²) >= 11 is 7.50. The van der Waals surface area contributed by atoms with Gasteiger partial charge in [0.05, 0.1) is 0 Å². The van der Waals surface area contributed by atoms with E-state index < -0.39 is 0 Å². The van der Waals surface area contributed by atoms with Crippen LogP contribution in [0.4, 0.5) is 0 Å². The number of thiocarbonyl (C=S) groups is 1. The molecule has 0 atom stereocenters. The third kappa shape index (κ3) is 4.62. The Morgan fingerprint density at radius 1 is 1.15 bits per heavy atom. The van der Waals surface area contributed by atoms with Gasteiger partial charge >= 0.3 is 0 Å². The lowest BCUT2D eigenvalue weighted by molar-refractivity contribution is -0.122. The fourth-order valence-electron chi connectivity index (χ4n) is 2.57. The first-order valence-electron chi connectivity index (χ1n) is 8.38. The van der Waals surface area contributed by atoms with E-state index in [0.29, 0.717) is 24.0 Å². The van der Waals surface area contributed by atoms with Gasteiger partial charge in [-0.3, -0.25) is 9.69 Å². The van der Waals surface area contributed by atoms with Crippen molar-refractivity contribution in [1.82, 2.24) is 10.2 Å². The van der Waals surface area contributed by atoms with Crippen molar-refractivity contribution in [2.75, 3.05) is 6.54 Å². The van der Waals surface area contributed by atoms with Crippen LogP contribution in [0, 0.1) is 3.57 Å². The van der Waals surface area contributed by atoms with E-state index in [2.05, 4.69) is 52.2 Å². The first kappa shape index (κ1) is 18.8. The zero-order chi connectivity index (χ0) is 18.5. The predicted molar refractivity (Wildman–Crippen MR) is 116 cm³/mol. The smallest absolute Gasteiger partial charge is 0.276 e. The highest BCUT2D eigenvalue weighted by Crippen LogP contribution is 2.18. The number of nitrogens with one attached hydrogen (secondary N) is 1. The molecule has 134 valence electrons. The number of halogens is 1. The topological polar surface area (TPSA) is 41.6 Å². The number of benzene rings is 2. The van der Waals surface area contributed by atoms with E-state index in [1.807, 2.05) is 37.3 Å². The van der Waals surface area contributed by atoms with Crippen molar-refractivity contribution >= 4 is 51.9 Å². The number of ether oxygens (including phenoxy) is 1. The highest BCUT2D eigenvalue weighted by Gasteiger charge is 2.29. The first-order chi connectivity index (χ1) is 12.6. The molecule has 1 saturated heterocycles. The van der Waals surface area contributed by atoms with E-state index in [1.54, 1.807) is 4.90 Å². The lowest BCUT2D eigenvalue weighted by Crippen LogP contribution is -2.31. The standard InChI is InChI=1S/C20H19IN2O2S/c1-2-11-23-19(24)18(22-20(23)26)12-14-5-9-17(10-6-14)25-13-15-3-7-16(21)8-4-15/h3-10,12H,2,11,13H2,1H3,(H,22,26)/b18-12-. The second-order valence-electron chi connectivity index (χ2n) is 5.93. The Balaban J connectivity index is 1.63. The van der Waals surface area contributed by atoms with Crippen LogP contribution < -0.4 is 10.1 Å². The lowest BCUT2D eigenvalue weighted by atomic mass is 10.2. The molecular formula is C20H19IN2O2S. The molecule has 0 unspecified atom stereocenters. The van der Waals surface area contributed by atoms with Crippen molar-refractivity contribution in [3.8, 4) is 5.75 Å². The molecule has 1 heterocycles. The van der Waals surface area contributed by atoms with Crippen LogP contribution in [0.1, 0.15) is 24.5 Å². The molecule has 1 amide bonds. The van der Waals surface area contributed by atoms with Crippen LogP contribution >= 0.6 is 34.8 Å². The SMILES string of the molecule is CCCN1C(=O)/C(=C/c2ccc(OCc3ccc(I)cc3)cc2)NC1=S. The molecule has 0 spiro atoms. The van der Waals surface area contributed by atoms with Crippen molar-refractivity contribution in [1.29, 1.82) is 0 Å². The molecule has 4 nitrogen and oxygen atoms in total. The van der Waals surface area contributed by atoms with E-state index in [0.717, 1.165) is 23.3 Å². The van der Waals surface area contributed by atoms with E-state index in [1.165, 1.54) is 3.57 Å². The Morgan fingerprint density at radius 2 is 1.85 bits per heavy atom. The highest BCUT2D eigenvalue weighted by atomic mass is 127. The molecule has 1 aliphatic heterocycles. The van der Waals surface area contributed by atoms with Gasteiger partial charge in [0.1, 0.15) is 18.1 Å². The first-order valence-corrected chi connectivity index (χ1v) is 9.87. The summed E-state index contributed by atoms with van der Waals surface area (Å²) < 4.78 is 7.01. The van der Waals surface area contributed by atoms with Crippen LogP contribution in [0.2, 0.25) is 0 Å². The van der Waals surface area contributed by atoms with E-state index in [-0.39, 0.29) is 5.91 Å². The molecule has 1 aliphatic rings. The van der Waals surface area contributed by atoms with Gasteiger partial charge in [0.25, 0.3) is 5.91 Å². The Labute approximate surface area is 172 Å². The second-order valence-corrected chi connectivity index (χ2v) is 7.56. The molecule has 0 saturated carbocycles. The van der Waals surface area contributed by atoms with Gasteiger partial charge in [-0.2, -0.15) is 0 Å². The molecule has 0 aromatic heterocycles. The summed E-state index contributed by atoms with van der Waals surface area (Å²) in [6.07, 6.45) is 2.68. The number of nitrogens with zero attached hydrogens (tertiary/aromatic N) is 1. The number of carbonyl (C=O) groups excluding carboxylic acids is 1. The second kappa shape index (κ2) is 8.64. The van der Waals surface area contributed by atoms with E-state index >= 15 is 0 Å². The average Bonchev–Trinajstić information content (AvgIpc) is 2.90. The minimum atomic E-state index is -0.0733. The summed E-state index contributed by atoms with van der Waals surface area (Å²) in [6.45, 7) is 3.18. The van der Waals surface area contributed by atoms with Crippen molar-refractivity contribution in [3.05, 3.63) is 68.9 Å². The lowest BCUT2D eigenvalue weighted by Gasteiger charge is -2.11. The third-order valence-corrected chi connectivity index (χ3v) is 4.96. The van der Waals surface area contributed by atoms with Crippen LogP contribution in [-0.2, 0) is 11.4 Å². The van der Waals surface area contributed by atoms with Crippen molar-refractivity contribution in [3.63, 3.8) is 0 Å². The van der Waals surface area contributed by atoms with Gasteiger partial charge in [-0.25, -0.2) is 0 Å². The van der Waals surface area contributed by atoms with Gasteiger partial charge in [0.15, 0.2) is 5.11 Å². The normalized spacial score (nSPS) is 15.5. The van der Waals surface area contributed by atoms with Gasteiger partial charge in [-0.1, -0.05) is 31.2 Å². The molecule has 2 aromatic rings. The largest absolute Gasteiger partial charge is 0.489 e. The van der Waals surface area contributed by atoms with Crippen molar-refractivity contribution < 1.29 is 9.53 Å². The van der Waals surface area contributed by atoms with Gasteiger partial charge in [0, 0.05) is 10.1 Å². The van der Waals surface area contributed by atoms with Crippen molar-refractivity contribution in [2.24, 2.45) is 0 Å². The maximum atomic E-state index is 12.3. The molecule has 0 radical (unpaired) electrons. The monoisotopic (exact) mass is 478 g/mol. The van der Waals surface area contributed by atoms with Crippen LogP contribution in [0.25, 0.3) is 6.08 Å². The molecular weight excluding hydrogens is 459 g/mol. The quantitative estimate of drug-likeness (QED) is 0.381. The molecule has 26 heavy (non-hydrogen) atoms. The van der Waals surface area contributed by atoms with Gasteiger partial charge in [-0.15, -0.1) is 0 Å². The molecule has 0 aliphatic carbocycles. The Hall–Kier alpha value is -1.93. The maximum absolute atomic E-state index is 12.3. The minimum Gasteiger partial charge on any atom is -0.489 e. The van der Waals surface area contributed by atoms with Crippen molar-refractivity contribution in [2.45, 2.75) is 20.0 Å². The van der Waals surface area contributed by atoms with Gasteiger partial charge in [-0.05, 0) is 82.7 Å². The molecule has 0 bridgehead atoms. The number of hydrogen-bond donors (Lipinski definition) is 1. The summed E-state index contributed by atoms with van der Waals surface area (Å²) in [4.78, 5) is 13.9. The number of carbonyl (C=O) groups is 1. The van der Waals surface area contributed by atoms with Crippen LogP contribution in [-0.4, -0.2) is 22.5 Å². The summed E-state index contributed by atoms with van der Waals surface area (Å²) in [7, 11) is 0. The van der Waals surface area contributed by atoms with E-state index in [4.69, 9.17) is 17.0 Å². The molecule has 1 fully saturated rings. The third-order valence-electron chi connectivity index (χ3n) is 3.92. The summed E-state index contributed by atoms with van der Waals surface area (Å²) in [5.41, 5.74) is 2.56. The zero-order valence-corrected chi connectivity index (χ0v) is 17.3. The fourth-order valence-corrected chi connectivity index (χ4v) is 3.22. The highest BCUT2D eigenvalue weighted by molar-refractivity contribution is 14.1. The predicted octanol–water partition coefficient (Wildman–Crippen LogP) is 4.34. The Bertz CT molecular complexity index is 832. The van der Waals surface area contributed by atoms with Gasteiger partial charge < -0.3 is 10.1 Å². The number of hydrogen-bond acceptors (Lipinski definition) is 3. The minimum absolute atomic E-state index is 0.0733. The van der Waals surface area contributed by atoms with Crippen LogP contribution in [0.5, 0.6) is 5.75 Å². The fraction of sp³-hybridized carbons (Fsp3) is 0.200. The van der Waals surface area contributed by atoms with Crippen LogP contribution in [0.15, 0.2) is 54.2 Å². The maximum Gasteiger partial charge on any atom is 0.276 e. The number of rotatable bonds is 6. The van der Waals surface area contributed by atoms with Crippen LogP contribution in [0.3, 0.4) is 0 Å². The molecule has 2 aromatic carbocycles. The van der Waals surface area contributed by atoms with E-state index in [9.17, 15) is 4.79 Å². The zero-order valence-electron chi connectivity index (χ0n) is 14.4. The molecule has 6 heteroatoms. The molecule has 1 N–H and O–H groups in total. The average molecular weight is 478 g/mol.